The second kappa shape index (κ2) is 8.49. The minimum Gasteiger partial charge on any atom is -0.508 e. The van der Waals surface area contributed by atoms with Crippen LogP contribution in [0.2, 0.25) is 0 Å². The molecule has 2 aromatic rings. The lowest BCUT2D eigenvalue weighted by atomic mass is 10.1. The van der Waals surface area contributed by atoms with Gasteiger partial charge in [-0.2, -0.15) is 0 Å². The van der Waals surface area contributed by atoms with Crippen molar-refractivity contribution in [1.29, 1.82) is 0 Å². The van der Waals surface area contributed by atoms with Crippen molar-refractivity contribution in [1.82, 2.24) is 9.88 Å². The Morgan fingerprint density at radius 1 is 1.29 bits per heavy atom. The van der Waals surface area contributed by atoms with Crippen molar-refractivity contribution in [2.75, 3.05) is 25.0 Å². The SMILES string of the molecule is CCN(CC)C(CCCNc1ccnc2cc(O)ccc12)C(=O)O. The first-order valence-corrected chi connectivity index (χ1v) is 8.35. The van der Waals surface area contributed by atoms with Gasteiger partial charge in [-0.3, -0.25) is 14.7 Å². The number of carbonyl (C=O) groups is 1. The van der Waals surface area contributed by atoms with Crippen molar-refractivity contribution in [2.45, 2.75) is 32.7 Å². The second-order valence-corrected chi connectivity index (χ2v) is 5.70. The molecular formula is C18H25N3O3. The normalized spacial score (nSPS) is 12.5. The molecule has 6 nitrogen and oxygen atoms in total. The highest BCUT2D eigenvalue weighted by atomic mass is 16.4. The number of carboxylic acids is 1. The molecule has 0 saturated carbocycles. The molecule has 1 unspecified atom stereocenters. The molecule has 2 rings (SSSR count). The lowest BCUT2D eigenvalue weighted by Crippen LogP contribution is -2.41. The van der Waals surface area contributed by atoms with Crippen molar-refractivity contribution < 1.29 is 15.0 Å². The summed E-state index contributed by atoms with van der Waals surface area (Å²) in [6.07, 6.45) is 3.06. The van der Waals surface area contributed by atoms with E-state index in [4.69, 9.17) is 0 Å². The summed E-state index contributed by atoms with van der Waals surface area (Å²) in [5.41, 5.74) is 1.67. The number of hydrogen-bond donors (Lipinski definition) is 3. The number of fused-ring (bicyclic) bond motifs is 1. The minimum absolute atomic E-state index is 0.190. The number of hydrogen-bond acceptors (Lipinski definition) is 5. The van der Waals surface area contributed by atoms with Crippen LogP contribution in [0.15, 0.2) is 30.5 Å². The summed E-state index contributed by atoms with van der Waals surface area (Å²) in [7, 11) is 0. The molecule has 3 N–H and O–H groups in total. The summed E-state index contributed by atoms with van der Waals surface area (Å²) < 4.78 is 0. The molecular weight excluding hydrogens is 306 g/mol. The molecule has 0 bridgehead atoms. The molecule has 0 radical (unpaired) electrons. The van der Waals surface area contributed by atoms with Crippen LogP contribution >= 0.6 is 0 Å². The first-order valence-electron chi connectivity index (χ1n) is 8.35. The molecule has 1 aromatic heterocycles. The van der Waals surface area contributed by atoms with Crippen molar-refractivity contribution in [3.63, 3.8) is 0 Å². The smallest absolute Gasteiger partial charge is 0.320 e. The largest absolute Gasteiger partial charge is 0.508 e. The summed E-state index contributed by atoms with van der Waals surface area (Å²) in [4.78, 5) is 17.6. The lowest BCUT2D eigenvalue weighted by molar-refractivity contribution is -0.143. The molecule has 1 atom stereocenters. The van der Waals surface area contributed by atoms with Crippen LogP contribution in [0.5, 0.6) is 5.75 Å². The van der Waals surface area contributed by atoms with E-state index in [1.54, 1.807) is 18.3 Å². The van der Waals surface area contributed by atoms with E-state index in [0.29, 0.717) is 13.0 Å². The lowest BCUT2D eigenvalue weighted by Gasteiger charge is -2.26. The fraction of sp³-hybridized carbons (Fsp3) is 0.444. The average Bonchev–Trinajstić information content (AvgIpc) is 2.57. The van der Waals surface area contributed by atoms with E-state index in [2.05, 4.69) is 10.3 Å². The molecule has 0 spiro atoms. The maximum Gasteiger partial charge on any atom is 0.320 e. The van der Waals surface area contributed by atoms with Gasteiger partial charge in [-0.05, 0) is 44.1 Å². The Morgan fingerprint density at radius 2 is 2.04 bits per heavy atom. The summed E-state index contributed by atoms with van der Waals surface area (Å²) in [6.45, 7) is 6.12. The first kappa shape index (κ1) is 18.0. The number of pyridine rings is 1. The molecule has 0 aliphatic heterocycles. The minimum atomic E-state index is -0.761. The number of phenols is 1. The van der Waals surface area contributed by atoms with E-state index >= 15 is 0 Å². The van der Waals surface area contributed by atoms with Gasteiger partial charge in [0, 0.05) is 29.9 Å². The predicted octanol–water partition coefficient (Wildman–Crippen LogP) is 2.93. The standard InChI is InChI=1S/C18H25N3O3/c1-3-21(4-2)17(18(23)24)6-5-10-19-15-9-11-20-16-12-13(22)7-8-14(15)16/h7-9,11-12,17,22H,3-6,10H2,1-2H3,(H,19,20)(H,23,24). The number of carboxylic acid groups (broad SMARTS) is 1. The van der Waals surface area contributed by atoms with E-state index in [1.165, 1.54) is 0 Å². The topological polar surface area (TPSA) is 85.7 Å². The van der Waals surface area contributed by atoms with Crippen molar-refractivity contribution >= 4 is 22.6 Å². The maximum absolute atomic E-state index is 11.4. The van der Waals surface area contributed by atoms with Crippen molar-refractivity contribution in [2.24, 2.45) is 0 Å². The Bertz CT molecular complexity index is 686. The number of benzene rings is 1. The van der Waals surface area contributed by atoms with Crippen LogP contribution in [0.3, 0.4) is 0 Å². The Labute approximate surface area is 142 Å². The molecule has 0 fully saturated rings. The molecule has 0 aliphatic rings. The quantitative estimate of drug-likeness (QED) is 0.613. The summed E-state index contributed by atoms with van der Waals surface area (Å²) >= 11 is 0. The third kappa shape index (κ3) is 4.35. The molecule has 6 heteroatoms. The van der Waals surface area contributed by atoms with Gasteiger partial charge in [0.1, 0.15) is 11.8 Å². The zero-order valence-electron chi connectivity index (χ0n) is 14.2. The van der Waals surface area contributed by atoms with Gasteiger partial charge in [-0.25, -0.2) is 0 Å². The fourth-order valence-corrected chi connectivity index (χ4v) is 2.94. The highest BCUT2D eigenvalue weighted by Crippen LogP contribution is 2.24. The zero-order valence-corrected chi connectivity index (χ0v) is 14.2. The molecule has 0 aliphatic carbocycles. The Kier molecular flexibility index (Phi) is 6.37. The molecule has 130 valence electrons. The van der Waals surface area contributed by atoms with E-state index in [1.807, 2.05) is 30.9 Å². The molecule has 1 heterocycles. The van der Waals surface area contributed by atoms with Crippen molar-refractivity contribution in [3.8, 4) is 5.75 Å². The molecule has 0 saturated heterocycles. The maximum atomic E-state index is 11.4. The van der Waals surface area contributed by atoms with Gasteiger partial charge in [0.2, 0.25) is 0 Å². The molecule has 0 amide bonds. The van der Waals surface area contributed by atoms with Crippen LogP contribution in [-0.4, -0.2) is 51.7 Å². The number of likely N-dealkylation sites (N-methyl/N-ethyl adjacent to an activating group) is 1. The first-order chi connectivity index (χ1) is 11.6. The number of phenolic OH excluding ortho intramolecular Hbond substituents is 1. The van der Waals surface area contributed by atoms with Crippen LogP contribution in [-0.2, 0) is 4.79 Å². The third-order valence-electron chi connectivity index (χ3n) is 4.23. The van der Waals surface area contributed by atoms with E-state index in [0.717, 1.165) is 36.1 Å². The number of nitrogens with zero attached hydrogens (tertiary/aromatic N) is 2. The van der Waals surface area contributed by atoms with Crippen LogP contribution < -0.4 is 5.32 Å². The van der Waals surface area contributed by atoms with Gasteiger partial charge in [0.15, 0.2) is 0 Å². The average molecular weight is 331 g/mol. The number of nitrogens with one attached hydrogen (secondary N) is 1. The predicted molar refractivity (Wildman–Crippen MR) is 95.5 cm³/mol. The van der Waals surface area contributed by atoms with Crippen LogP contribution in [0.25, 0.3) is 10.9 Å². The highest BCUT2D eigenvalue weighted by molar-refractivity contribution is 5.91. The van der Waals surface area contributed by atoms with Crippen LogP contribution in [0.1, 0.15) is 26.7 Å². The summed E-state index contributed by atoms with van der Waals surface area (Å²) in [5.74, 6) is -0.570. The van der Waals surface area contributed by atoms with E-state index in [9.17, 15) is 15.0 Å². The number of anilines is 1. The number of aromatic hydroxyl groups is 1. The molecule has 1 aromatic carbocycles. The van der Waals surface area contributed by atoms with E-state index in [-0.39, 0.29) is 5.75 Å². The van der Waals surface area contributed by atoms with Gasteiger partial charge >= 0.3 is 5.97 Å². The Balaban J connectivity index is 1.95. The van der Waals surface area contributed by atoms with Crippen LogP contribution in [0.4, 0.5) is 5.69 Å². The zero-order chi connectivity index (χ0) is 17.5. The van der Waals surface area contributed by atoms with Gasteiger partial charge in [0.05, 0.1) is 5.52 Å². The fourth-order valence-electron chi connectivity index (χ4n) is 2.94. The van der Waals surface area contributed by atoms with Gasteiger partial charge in [0.25, 0.3) is 0 Å². The van der Waals surface area contributed by atoms with E-state index < -0.39 is 12.0 Å². The number of aromatic nitrogens is 1. The number of rotatable bonds is 9. The summed E-state index contributed by atoms with van der Waals surface area (Å²) in [5, 5.41) is 23.2. The molecule has 24 heavy (non-hydrogen) atoms. The number of aliphatic carboxylic acids is 1. The second-order valence-electron chi connectivity index (χ2n) is 5.70. The monoisotopic (exact) mass is 331 g/mol. The third-order valence-corrected chi connectivity index (χ3v) is 4.23. The van der Waals surface area contributed by atoms with Gasteiger partial charge in [-0.15, -0.1) is 0 Å². The van der Waals surface area contributed by atoms with Gasteiger partial charge in [-0.1, -0.05) is 13.8 Å². The highest BCUT2D eigenvalue weighted by Gasteiger charge is 2.22. The van der Waals surface area contributed by atoms with Crippen LogP contribution in [0, 0.1) is 0 Å². The Hall–Kier alpha value is -2.34. The summed E-state index contributed by atoms with van der Waals surface area (Å²) in [6, 6.07) is 6.54. The Morgan fingerprint density at radius 3 is 2.71 bits per heavy atom. The van der Waals surface area contributed by atoms with Gasteiger partial charge < -0.3 is 15.5 Å². The van der Waals surface area contributed by atoms with Crippen molar-refractivity contribution in [3.05, 3.63) is 30.5 Å².